The SMILES string of the molecule is O=[N+]([O-])c1ccc(N[C@H]2C(O)O[C@H](CO)[C@@H](O)[C@@H]2O)c([N+](=O)[O-])c1. The van der Waals surface area contributed by atoms with Crippen molar-refractivity contribution >= 4 is 17.1 Å². The molecule has 0 spiro atoms. The van der Waals surface area contributed by atoms with Crippen molar-refractivity contribution in [3.8, 4) is 0 Å². The van der Waals surface area contributed by atoms with Gasteiger partial charge in [0, 0.05) is 6.07 Å². The fourth-order valence-corrected chi connectivity index (χ4v) is 2.34. The zero-order valence-electron chi connectivity index (χ0n) is 12.1. The number of hydrogen-bond donors (Lipinski definition) is 5. The van der Waals surface area contributed by atoms with Crippen molar-refractivity contribution < 1.29 is 35.0 Å². The maximum absolute atomic E-state index is 11.1. The molecule has 1 aromatic carbocycles. The Morgan fingerprint density at radius 1 is 1.12 bits per heavy atom. The van der Waals surface area contributed by atoms with Crippen LogP contribution in [-0.2, 0) is 4.74 Å². The third kappa shape index (κ3) is 3.42. The fourth-order valence-electron chi connectivity index (χ4n) is 2.34. The number of hydrogen-bond acceptors (Lipinski definition) is 10. The van der Waals surface area contributed by atoms with Gasteiger partial charge in [-0.15, -0.1) is 0 Å². The number of nitro benzene ring substituents is 2. The number of aliphatic hydroxyl groups excluding tert-OH is 4. The summed E-state index contributed by atoms with van der Waals surface area (Å²) in [6.45, 7) is -0.653. The minimum Gasteiger partial charge on any atom is -0.394 e. The zero-order chi connectivity index (χ0) is 18.0. The number of nitrogens with one attached hydrogen (secondary N) is 1. The molecule has 12 nitrogen and oxygen atoms in total. The van der Waals surface area contributed by atoms with E-state index in [1.54, 1.807) is 0 Å². The molecule has 1 saturated heterocycles. The van der Waals surface area contributed by atoms with Gasteiger partial charge in [-0.3, -0.25) is 20.2 Å². The molecule has 0 radical (unpaired) electrons. The van der Waals surface area contributed by atoms with Crippen molar-refractivity contribution in [3.63, 3.8) is 0 Å². The van der Waals surface area contributed by atoms with Crippen molar-refractivity contribution in [2.24, 2.45) is 0 Å². The van der Waals surface area contributed by atoms with E-state index in [-0.39, 0.29) is 5.69 Å². The molecule has 24 heavy (non-hydrogen) atoms. The molecule has 132 valence electrons. The van der Waals surface area contributed by atoms with Crippen LogP contribution < -0.4 is 5.32 Å². The third-order valence-corrected chi connectivity index (χ3v) is 3.61. The van der Waals surface area contributed by atoms with E-state index in [0.717, 1.165) is 18.2 Å². The van der Waals surface area contributed by atoms with Crippen LogP contribution in [0, 0.1) is 20.2 Å². The molecule has 1 aliphatic rings. The van der Waals surface area contributed by atoms with Crippen LogP contribution >= 0.6 is 0 Å². The second-order valence-corrected chi connectivity index (χ2v) is 5.11. The van der Waals surface area contributed by atoms with Crippen molar-refractivity contribution in [1.29, 1.82) is 0 Å². The molecule has 0 aromatic heterocycles. The topological polar surface area (TPSA) is 188 Å². The minimum atomic E-state index is -1.68. The molecule has 1 aromatic rings. The number of nitro groups is 2. The van der Waals surface area contributed by atoms with Crippen LogP contribution in [0.1, 0.15) is 0 Å². The zero-order valence-corrected chi connectivity index (χ0v) is 12.1. The summed E-state index contributed by atoms with van der Waals surface area (Å²) in [6.07, 6.45) is -6.07. The van der Waals surface area contributed by atoms with Crippen LogP contribution in [0.3, 0.4) is 0 Å². The number of rotatable bonds is 5. The summed E-state index contributed by atoms with van der Waals surface area (Å²) in [5.41, 5.74) is -1.37. The number of anilines is 1. The van der Waals surface area contributed by atoms with Crippen LogP contribution in [0.4, 0.5) is 17.1 Å². The summed E-state index contributed by atoms with van der Waals surface area (Å²) in [6, 6.07) is 1.41. The van der Waals surface area contributed by atoms with E-state index >= 15 is 0 Å². The molecule has 5 atom stereocenters. The summed E-state index contributed by atoms with van der Waals surface area (Å²) >= 11 is 0. The Kier molecular flexibility index (Phi) is 5.26. The quantitative estimate of drug-likeness (QED) is 0.317. The summed E-state index contributed by atoms with van der Waals surface area (Å²) < 4.78 is 4.92. The smallest absolute Gasteiger partial charge is 0.299 e. The second-order valence-electron chi connectivity index (χ2n) is 5.11. The molecular formula is C12H15N3O9. The molecule has 12 heteroatoms. The van der Waals surface area contributed by atoms with Gasteiger partial charge in [-0.25, -0.2) is 0 Å². The van der Waals surface area contributed by atoms with Crippen molar-refractivity contribution in [2.45, 2.75) is 30.6 Å². The number of ether oxygens (including phenoxy) is 1. The average molecular weight is 345 g/mol. The Balaban J connectivity index is 2.30. The number of nitrogens with zero attached hydrogens (tertiary/aromatic N) is 2. The molecule has 1 heterocycles. The van der Waals surface area contributed by atoms with Gasteiger partial charge >= 0.3 is 0 Å². The van der Waals surface area contributed by atoms with E-state index in [9.17, 15) is 35.5 Å². The highest BCUT2D eigenvalue weighted by Gasteiger charge is 2.44. The van der Waals surface area contributed by atoms with E-state index in [4.69, 9.17) is 9.84 Å². The summed E-state index contributed by atoms with van der Waals surface area (Å²) in [5, 5.41) is 62.8. The first kappa shape index (κ1) is 18.0. The number of benzene rings is 1. The van der Waals surface area contributed by atoms with Gasteiger partial charge in [0.2, 0.25) is 0 Å². The molecule has 0 aliphatic carbocycles. The Bertz CT molecular complexity index is 640. The Labute approximate surface area is 134 Å². The second kappa shape index (κ2) is 7.02. The number of non-ortho nitro benzene ring substituents is 1. The minimum absolute atomic E-state index is 0.216. The van der Waals surface area contributed by atoms with E-state index in [1.807, 2.05) is 0 Å². The maximum Gasteiger partial charge on any atom is 0.299 e. The van der Waals surface area contributed by atoms with Gasteiger partial charge < -0.3 is 30.5 Å². The molecule has 1 unspecified atom stereocenters. The lowest BCUT2D eigenvalue weighted by Gasteiger charge is -2.40. The summed E-state index contributed by atoms with van der Waals surface area (Å²) in [5.74, 6) is 0. The first-order valence-electron chi connectivity index (χ1n) is 6.76. The molecule has 1 aliphatic heterocycles. The van der Waals surface area contributed by atoms with Crippen LogP contribution in [-0.4, -0.2) is 67.5 Å². The lowest BCUT2D eigenvalue weighted by Crippen LogP contribution is -2.61. The third-order valence-electron chi connectivity index (χ3n) is 3.61. The molecule has 1 fully saturated rings. The van der Waals surface area contributed by atoms with Gasteiger partial charge in [-0.1, -0.05) is 0 Å². The van der Waals surface area contributed by atoms with Crippen LogP contribution in [0.15, 0.2) is 18.2 Å². The van der Waals surface area contributed by atoms with Gasteiger partial charge in [-0.2, -0.15) is 0 Å². The van der Waals surface area contributed by atoms with E-state index in [2.05, 4.69) is 5.32 Å². The Hall–Kier alpha value is -2.38. The van der Waals surface area contributed by atoms with Gasteiger partial charge in [-0.05, 0) is 6.07 Å². The first-order chi connectivity index (χ1) is 11.3. The summed E-state index contributed by atoms with van der Waals surface area (Å²) in [4.78, 5) is 20.1. The molecule has 5 N–H and O–H groups in total. The molecule has 2 rings (SSSR count). The Morgan fingerprint density at radius 3 is 2.33 bits per heavy atom. The highest BCUT2D eigenvalue weighted by Crippen LogP contribution is 2.31. The van der Waals surface area contributed by atoms with E-state index < -0.39 is 58.5 Å². The highest BCUT2D eigenvalue weighted by atomic mass is 16.6. The van der Waals surface area contributed by atoms with Crippen LogP contribution in [0.25, 0.3) is 0 Å². The normalized spacial score (nSPS) is 29.9. The van der Waals surface area contributed by atoms with Crippen molar-refractivity contribution in [1.82, 2.24) is 0 Å². The molecule has 0 saturated carbocycles. The fraction of sp³-hybridized carbons (Fsp3) is 0.500. The van der Waals surface area contributed by atoms with E-state index in [1.165, 1.54) is 0 Å². The highest BCUT2D eigenvalue weighted by molar-refractivity contribution is 5.65. The average Bonchev–Trinajstić information content (AvgIpc) is 2.54. The predicted molar refractivity (Wildman–Crippen MR) is 77.1 cm³/mol. The van der Waals surface area contributed by atoms with Gasteiger partial charge in [0.05, 0.1) is 22.5 Å². The van der Waals surface area contributed by atoms with E-state index in [0.29, 0.717) is 0 Å². The summed E-state index contributed by atoms with van der Waals surface area (Å²) in [7, 11) is 0. The van der Waals surface area contributed by atoms with Crippen LogP contribution in [0.2, 0.25) is 0 Å². The Morgan fingerprint density at radius 2 is 1.79 bits per heavy atom. The maximum atomic E-state index is 11.1. The predicted octanol–water partition coefficient (Wildman–Crippen LogP) is -1.29. The number of aliphatic hydroxyl groups is 4. The monoisotopic (exact) mass is 345 g/mol. The molecule has 0 amide bonds. The van der Waals surface area contributed by atoms with Crippen molar-refractivity contribution in [3.05, 3.63) is 38.4 Å². The molecule has 0 bridgehead atoms. The van der Waals surface area contributed by atoms with Gasteiger partial charge in [0.15, 0.2) is 6.29 Å². The van der Waals surface area contributed by atoms with Gasteiger partial charge in [0.1, 0.15) is 30.0 Å². The van der Waals surface area contributed by atoms with Crippen molar-refractivity contribution in [2.75, 3.05) is 11.9 Å². The lowest BCUT2D eigenvalue weighted by molar-refractivity contribution is -0.393. The lowest BCUT2D eigenvalue weighted by atomic mass is 9.96. The first-order valence-corrected chi connectivity index (χ1v) is 6.76. The molecular weight excluding hydrogens is 330 g/mol. The van der Waals surface area contributed by atoms with Crippen LogP contribution in [0.5, 0.6) is 0 Å². The largest absolute Gasteiger partial charge is 0.394 e. The van der Waals surface area contributed by atoms with Gasteiger partial charge in [0.25, 0.3) is 11.4 Å². The standard InChI is InChI=1S/C12H15N3O9/c16-4-8-10(17)11(18)9(12(19)24-8)13-6-2-1-5(14(20)21)3-7(6)15(22)23/h1-3,8-13,16-19H,4H2/t8-,9-,10-,11-,12?/m1/s1.